The van der Waals surface area contributed by atoms with Gasteiger partial charge in [-0.15, -0.1) is 0 Å². The molecule has 0 N–H and O–H groups in total. The van der Waals surface area contributed by atoms with Gasteiger partial charge < -0.3 is 9.47 Å². The summed E-state index contributed by atoms with van der Waals surface area (Å²) in [6.45, 7) is 7.22. The van der Waals surface area contributed by atoms with E-state index in [4.69, 9.17) is 9.47 Å². The molecular weight excluding hydrogens is 260 g/mol. The topological polar surface area (TPSA) is 18.5 Å². The Morgan fingerprint density at radius 2 is 1.29 bits per heavy atom. The summed E-state index contributed by atoms with van der Waals surface area (Å²) in [5.41, 5.74) is 2.28. The number of aryl methyl sites for hydroxylation is 2. The highest BCUT2D eigenvalue weighted by Crippen LogP contribution is 2.27. The summed E-state index contributed by atoms with van der Waals surface area (Å²) in [7, 11) is 1.71. The average Bonchev–Trinajstić information content (AvgIpc) is 2.48. The van der Waals surface area contributed by atoms with Gasteiger partial charge in [-0.25, -0.2) is 0 Å². The molecule has 2 nitrogen and oxygen atoms in total. The highest BCUT2D eigenvalue weighted by molar-refractivity contribution is 5.45. The van der Waals surface area contributed by atoms with Crippen LogP contribution in [0.25, 0.3) is 0 Å². The van der Waals surface area contributed by atoms with Crippen LogP contribution < -0.4 is 9.47 Å². The maximum atomic E-state index is 5.91. The van der Waals surface area contributed by atoms with E-state index in [1.165, 1.54) is 44.9 Å². The van der Waals surface area contributed by atoms with Crippen molar-refractivity contribution < 1.29 is 9.47 Å². The first kappa shape index (κ1) is 17.9. The molecule has 0 bridgehead atoms. The second-order valence-electron chi connectivity index (χ2n) is 5.91. The van der Waals surface area contributed by atoms with Crippen molar-refractivity contribution in [2.75, 3.05) is 13.7 Å². The number of hydrogen-bond donors (Lipinski definition) is 0. The molecule has 0 aromatic heterocycles. The van der Waals surface area contributed by atoms with Gasteiger partial charge in [0.2, 0.25) is 0 Å². The van der Waals surface area contributed by atoms with Gasteiger partial charge >= 0.3 is 0 Å². The summed E-state index contributed by atoms with van der Waals surface area (Å²) in [4.78, 5) is 0. The Hall–Kier alpha value is -1.18. The normalized spacial score (nSPS) is 10.7. The van der Waals surface area contributed by atoms with Crippen molar-refractivity contribution in [2.45, 2.75) is 72.1 Å². The standard InChI is InChI=1S/C19H32O2/c1-5-6-7-8-9-10-11-12-13-21-19-15-16(2)18(20-4)14-17(19)3/h14-15H,5-13H2,1-4H3. The highest BCUT2D eigenvalue weighted by Gasteiger charge is 2.05. The number of ether oxygens (including phenoxy) is 2. The van der Waals surface area contributed by atoms with Crippen LogP contribution in [0.3, 0.4) is 0 Å². The Kier molecular flexibility index (Phi) is 8.96. The second kappa shape index (κ2) is 10.5. The van der Waals surface area contributed by atoms with Crippen molar-refractivity contribution in [3.63, 3.8) is 0 Å². The number of methoxy groups -OCH3 is 1. The van der Waals surface area contributed by atoms with E-state index in [0.29, 0.717) is 0 Å². The maximum Gasteiger partial charge on any atom is 0.122 e. The van der Waals surface area contributed by atoms with Crippen LogP contribution >= 0.6 is 0 Å². The van der Waals surface area contributed by atoms with Gasteiger partial charge in [0, 0.05) is 0 Å². The van der Waals surface area contributed by atoms with Gasteiger partial charge in [-0.3, -0.25) is 0 Å². The van der Waals surface area contributed by atoms with Crippen LogP contribution in [0.4, 0.5) is 0 Å². The van der Waals surface area contributed by atoms with Gasteiger partial charge in [0.05, 0.1) is 13.7 Å². The van der Waals surface area contributed by atoms with Crippen LogP contribution in [-0.2, 0) is 0 Å². The Morgan fingerprint density at radius 1 is 0.762 bits per heavy atom. The molecule has 120 valence electrons. The molecule has 21 heavy (non-hydrogen) atoms. The molecule has 0 fully saturated rings. The molecule has 0 aliphatic rings. The van der Waals surface area contributed by atoms with E-state index >= 15 is 0 Å². The predicted molar refractivity (Wildman–Crippen MR) is 90.6 cm³/mol. The predicted octanol–water partition coefficient (Wildman–Crippen LogP) is 5.83. The van der Waals surface area contributed by atoms with E-state index in [1.807, 2.05) is 0 Å². The van der Waals surface area contributed by atoms with E-state index in [-0.39, 0.29) is 0 Å². The van der Waals surface area contributed by atoms with Gasteiger partial charge in [0.1, 0.15) is 11.5 Å². The van der Waals surface area contributed by atoms with Crippen LogP contribution in [0.15, 0.2) is 12.1 Å². The molecule has 0 unspecified atom stereocenters. The van der Waals surface area contributed by atoms with Gasteiger partial charge in [-0.05, 0) is 43.5 Å². The van der Waals surface area contributed by atoms with E-state index in [1.54, 1.807) is 7.11 Å². The van der Waals surface area contributed by atoms with E-state index in [2.05, 4.69) is 32.9 Å². The molecule has 0 heterocycles. The molecule has 0 atom stereocenters. The zero-order valence-corrected chi connectivity index (χ0v) is 14.3. The van der Waals surface area contributed by atoms with E-state index in [0.717, 1.165) is 35.7 Å². The van der Waals surface area contributed by atoms with Crippen LogP contribution in [-0.4, -0.2) is 13.7 Å². The zero-order chi connectivity index (χ0) is 15.5. The van der Waals surface area contributed by atoms with Crippen LogP contribution in [0.1, 0.15) is 69.4 Å². The first-order valence-corrected chi connectivity index (χ1v) is 8.47. The van der Waals surface area contributed by atoms with Crippen LogP contribution in [0.2, 0.25) is 0 Å². The molecule has 1 rings (SSSR count). The molecule has 0 aliphatic carbocycles. The highest BCUT2D eigenvalue weighted by atomic mass is 16.5. The average molecular weight is 292 g/mol. The quantitative estimate of drug-likeness (QED) is 0.478. The number of hydrogen-bond acceptors (Lipinski definition) is 2. The molecule has 1 aromatic carbocycles. The van der Waals surface area contributed by atoms with Crippen molar-refractivity contribution in [3.05, 3.63) is 23.3 Å². The van der Waals surface area contributed by atoms with Crippen molar-refractivity contribution in [1.82, 2.24) is 0 Å². The Bertz CT molecular complexity index is 399. The van der Waals surface area contributed by atoms with Crippen molar-refractivity contribution in [2.24, 2.45) is 0 Å². The fraction of sp³-hybridized carbons (Fsp3) is 0.684. The number of benzene rings is 1. The molecule has 1 aromatic rings. The van der Waals surface area contributed by atoms with Crippen molar-refractivity contribution in [3.8, 4) is 11.5 Å². The summed E-state index contributed by atoms with van der Waals surface area (Å²) in [5.74, 6) is 1.93. The monoisotopic (exact) mass is 292 g/mol. The third-order valence-electron chi connectivity index (χ3n) is 3.95. The van der Waals surface area contributed by atoms with Crippen molar-refractivity contribution in [1.29, 1.82) is 0 Å². The first-order chi connectivity index (χ1) is 10.2. The van der Waals surface area contributed by atoms with E-state index in [9.17, 15) is 0 Å². The summed E-state index contributed by atoms with van der Waals surface area (Å²) < 4.78 is 11.2. The van der Waals surface area contributed by atoms with Crippen molar-refractivity contribution >= 4 is 0 Å². The Labute approximate surface area is 130 Å². The van der Waals surface area contributed by atoms with Gasteiger partial charge in [-0.2, -0.15) is 0 Å². The van der Waals surface area contributed by atoms with Gasteiger partial charge in [0.15, 0.2) is 0 Å². The Balaban J connectivity index is 2.17. The fourth-order valence-electron chi connectivity index (χ4n) is 2.56. The summed E-state index contributed by atoms with van der Waals surface area (Å²) in [6, 6.07) is 4.14. The molecule has 2 heteroatoms. The molecule has 0 aliphatic heterocycles. The minimum atomic E-state index is 0.821. The van der Waals surface area contributed by atoms with E-state index < -0.39 is 0 Å². The maximum absolute atomic E-state index is 5.91. The summed E-state index contributed by atoms with van der Waals surface area (Å²) in [6.07, 6.45) is 10.7. The second-order valence-corrected chi connectivity index (χ2v) is 5.91. The lowest BCUT2D eigenvalue weighted by Gasteiger charge is -2.12. The zero-order valence-electron chi connectivity index (χ0n) is 14.3. The van der Waals surface area contributed by atoms with Gasteiger partial charge in [0.25, 0.3) is 0 Å². The minimum Gasteiger partial charge on any atom is -0.496 e. The molecular formula is C19H32O2. The smallest absolute Gasteiger partial charge is 0.122 e. The molecule has 0 saturated heterocycles. The minimum absolute atomic E-state index is 0.821. The lowest BCUT2D eigenvalue weighted by atomic mass is 10.1. The van der Waals surface area contributed by atoms with Gasteiger partial charge in [-0.1, -0.05) is 51.9 Å². The third-order valence-corrected chi connectivity index (χ3v) is 3.95. The Morgan fingerprint density at radius 3 is 1.90 bits per heavy atom. The largest absolute Gasteiger partial charge is 0.496 e. The SMILES string of the molecule is CCCCCCCCCCOc1cc(C)c(OC)cc1C. The molecule has 0 spiro atoms. The lowest BCUT2D eigenvalue weighted by molar-refractivity contribution is 0.301. The van der Waals surface area contributed by atoms with Crippen LogP contribution in [0.5, 0.6) is 11.5 Å². The number of rotatable bonds is 11. The summed E-state index contributed by atoms with van der Waals surface area (Å²) >= 11 is 0. The number of unbranched alkanes of at least 4 members (excludes halogenated alkanes) is 7. The lowest BCUT2D eigenvalue weighted by Crippen LogP contribution is -2.00. The molecule has 0 amide bonds. The van der Waals surface area contributed by atoms with Crippen LogP contribution in [0, 0.1) is 13.8 Å². The summed E-state index contributed by atoms with van der Waals surface area (Å²) in [5, 5.41) is 0. The fourth-order valence-corrected chi connectivity index (χ4v) is 2.56. The molecule has 0 radical (unpaired) electrons. The molecule has 0 saturated carbocycles. The first-order valence-electron chi connectivity index (χ1n) is 8.47. The third kappa shape index (κ3) is 6.88.